The van der Waals surface area contributed by atoms with Crippen molar-refractivity contribution in [1.82, 2.24) is 4.57 Å². The Morgan fingerprint density at radius 1 is 1.13 bits per heavy atom. The van der Waals surface area contributed by atoms with Crippen molar-refractivity contribution in [3.8, 4) is 0 Å². The highest BCUT2D eigenvalue weighted by atomic mass is 32.1. The number of fused-ring (bicyclic) bond motifs is 1. The maximum absolute atomic E-state index is 12.6. The number of esters is 2. The van der Waals surface area contributed by atoms with Gasteiger partial charge in [0.05, 0.1) is 19.9 Å². The monoisotopic (exact) mass is 333 g/mol. The van der Waals surface area contributed by atoms with Crippen molar-refractivity contribution in [2.45, 2.75) is 18.4 Å². The molecule has 0 saturated heterocycles. The van der Waals surface area contributed by atoms with Gasteiger partial charge in [-0.1, -0.05) is 0 Å². The number of hydrogen-bond donors (Lipinski definition) is 0. The molecule has 3 heterocycles. The lowest BCUT2D eigenvalue weighted by Gasteiger charge is -2.22. The molecule has 1 aliphatic rings. The summed E-state index contributed by atoms with van der Waals surface area (Å²) in [5.74, 6) is -1.48. The van der Waals surface area contributed by atoms with Crippen LogP contribution in [-0.2, 0) is 31.0 Å². The lowest BCUT2D eigenvalue weighted by molar-refractivity contribution is -0.161. The molecule has 2 aromatic heterocycles. The highest BCUT2D eigenvalue weighted by Gasteiger charge is 2.55. The number of hydrogen-bond acceptors (Lipinski definition) is 6. The minimum Gasteiger partial charge on any atom is -0.468 e. The van der Waals surface area contributed by atoms with E-state index < -0.39 is 17.4 Å². The summed E-state index contributed by atoms with van der Waals surface area (Å²) in [6, 6.07) is 5.01. The van der Waals surface area contributed by atoms with E-state index in [0.29, 0.717) is 23.5 Å². The van der Waals surface area contributed by atoms with Crippen LogP contribution in [0.25, 0.3) is 0 Å². The second-order valence-corrected chi connectivity index (χ2v) is 6.02. The summed E-state index contributed by atoms with van der Waals surface area (Å²) in [6.45, 7) is 0.373. The molecule has 0 fully saturated rings. The third-order valence-corrected chi connectivity index (χ3v) is 4.90. The van der Waals surface area contributed by atoms with Gasteiger partial charge in [-0.05, 0) is 30.0 Å². The molecule has 0 bridgehead atoms. The van der Waals surface area contributed by atoms with Crippen LogP contribution in [0.3, 0.4) is 0 Å². The largest absolute Gasteiger partial charge is 0.468 e. The van der Waals surface area contributed by atoms with Crippen LogP contribution in [0.5, 0.6) is 0 Å². The smallest absolute Gasteiger partial charge is 0.329 e. The first kappa shape index (κ1) is 15.5. The summed E-state index contributed by atoms with van der Waals surface area (Å²) in [7, 11) is 2.46. The van der Waals surface area contributed by atoms with Crippen LogP contribution >= 0.6 is 11.3 Å². The molecule has 6 nitrogen and oxygen atoms in total. The van der Waals surface area contributed by atoms with Gasteiger partial charge in [-0.3, -0.25) is 14.4 Å². The van der Waals surface area contributed by atoms with E-state index in [1.807, 2.05) is 5.38 Å². The van der Waals surface area contributed by atoms with Gasteiger partial charge in [-0.25, -0.2) is 0 Å². The third kappa shape index (κ3) is 2.11. The van der Waals surface area contributed by atoms with E-state index in [2.05, 4.69) is 0 Å². The second-order valence-electron chi connectivity index (χ2n) is 5.24. The van der Waals surface area contributed by atoms with Crippen LogP contribution in [0.4, 0.5) is 0 Å². The molecule has 7 heteroatoms. The molecule has 0 N–H and O–H groups in total. The average Bonchev–Trinajstić information content (AvgIpc) is 3.28. The first-order valence-electron chi connectivity index (χ1n) is 7.00. The summed E-state index contributed by atoms with van der Waals surface area (Å²) in [5, 5.41) is 3.60. The van der Waals surface area contributed by atoms with Gasteiger partial charge in [0.25, 0.3) is 0 Å². The number of rotatable bonds is 4. The molecule has 120 valence electrons. The molecule has 0 radical (unpaired) electrons. The summed E-state index contributed by atoms with van der Waals surface area (Å²) in [4.78, 5) is 37.1. The maximum atomic E-state index is 12.6. The normalized spacial score (nSPS) is 15.0. The van der Waals surface area contributed by atoms with Crippen molar-refractivity contribution in [2.75, 3.05) is 14.2 Å². The Bertz CT molecular complexity index is 759. The zero-order chi connectivity index (χ0) is 16.6. The molecule has 0 aromatic carbocycles. The van der Waals surface area contributed by atoms with Crippen molar-refractivity contribution in [3.05, 3.63) is 45.9 Å². The van der Waals surface area contributed by atoms with Gasteiger partial charge in [0.2, 0.25) is 11.2 Å². The Morgan fingerprint density at radius 2 is 1.83 bits per heavy atom. The highest BCUT2D eigenvalue weighted by molar-refractivity contribution is 7.08. The van der Waals surface area contributed by atoms with E-state index in [9.17, 15) is 14.4 Å². The predicted molar refractivity (Wildman–Crippen MR) is 82.5 cm³/mol. The van der Waals surface area contributed by atoms with Gasteiger partial charge >= 0.3 is 11.9 Å². The van der Waals surface area contributed by atoms with Crippen molar-refractivity contribution < 1.29 is 23.9 Å². The van der Waals surface area contributed by atoms with Crippen molar-refractivity contribution in [3.63, 3.8) is 0 Å². The molecular formula is C16H15NO5S. The van der Waals surface area contributed by atoms with Crippen molar-refractivity contribution in [1.29, 1.82) is 0 Å². The van der Waals surface area contributed by atoms with Crippen LogP contribution < -0.4 is 0 Å². The van der Waals surface area contributed by atoms with Crippen LogP contribution in [-0.4, -0.2) is 36.5 Å². The fourth-order valence-corrected chi connectivity index (χ4v) is 3.71. The van der Waals surface area contributed by atoms with Crippen LogP contribution in [0, 0.1) is 0 Å². The zero-order valence-corrected chi connectivity index (χ0v) is 13.5. The van der Waals surface area contributed by atoms with Crippen LogP contribution in [0.15, 0.2) is 29.0 Å². The number of carbonyl (C=O) groups excluding carboxylic acids is 3. The van der Waals surface area contributed by atoms with Gasteiger partial charge in [0.1, 0.15) is 0 Å². The number of methoxy groups -OCH3 is 2. The number of ketones is 1. The minimum atomic E-state index is -1.50. The number of carbonyl (C=O) groups is 3. The second kappa shape index (κ2) is 5.66. The molecule has 0 saturated carbocycles. The number of nitrogens with zero attached hydrogens (tertiary/aromatic N) is 1. The summed E-state index contributed by atoms with van der Waals surface area (Å²) in [5.41, 5.74) is -0.0242. The van der Waals surface area contributed by atoms with Crippen LogP contribution in [0.2, 0.25) is 0 Å². The molecule has 0 spiro atoms. The first-order valence-corrected chi connectivity index (χ1v) is 7.94. The highest BCUT2D eigenvalue weighted by Crippen LogP contribution is 2.39. The molecule has 2 aromatic rings. The van der Waals surface area contributed by atoms with E-state index in [1.54, 1.807) is 28.1 Å². The Balaban J connectivity index is 2.09. The topological polar surface area (TPSA) is 74.6 Å². The lowest BCUT2D eigenvalue weighted by Crippen LogP contribution is -2.43. The number of aromatic nitrogens is 1. The predicted octanol–water partition coefficient (Wildman–Crippen LogP) is 1.77. The Hall–Kier alpha value is -2.41. The van der Waals surface area contributed by atoms with Crippen molar-refractivity contribution >= 4 is 29.1 Å². The quantitative estimate of drug-likeness (QED) is 0.484. The standard InChI is InChI=1S/C16H15NO5S/c1-21-14(19)16(15(20)22-2)6-7-17-11(3-4-12(16)17)13(18)10-5-8-23-9-10/h3-5,8-9H,6-7H2,1-2H3. The molecule has 0 amide bonds. The van der Waals surface area contributed by atoms with E-state index in [1.165, 1.54) is 25.6 Å². The molecule has 23 heavy (non-hydrogen) atoms. The minimum absolute atomic E-state index is 0.136. The molecule has 0 unspecified atom stereocenters. The fourth-order valence-electron chi connectivity index (χ4n) is 3.07. The summed E-state index contributed by atoms with van der Waals surface area (Å²) in [6.07, 6.45) is 0.215. The Labute approximate surface area is 136 Å². The SMILES string of the molecule is COC(=O)C1(C(=O)OC)CCn2c(C(=O)c3ccsc3)ccc21. The van der Waals surface area contributed by atoms with Gasteiger partial charge in [0, 0.05) is 23.2 Å². The Morgan fingerprint density at radius 3 is 2.39 bits per heavy atom. The summed E-state index contributed by atoms with van der Waals surface area (Å²) >= 11 is 1.44. The number of ether oxygens (including phenoxy) is 2. The summed E-state index contributed by atoms with van der Waals surface area (Å²) < 4.78 is 11.3. The van der Waals surface area contributed by atoms with Gasteiger partial charge in [-0.2, -0.15) is 11.3 Å². The zero-order valence-electron chi connectivity index (χ0n) is 12.7. The molecular weight excluding hydrogens is 318 g/mol. The van der Waals surface area contributed by atoms with E-state index in [0.717, 1.165) is 0 Å². The fraction of sp³-hybridized carbons (Fsp3) is 0.312. The first-order chi connectivity index (χ1) is 11.1. The molecule has 1 aliphatic heterocycles. The van der Waals surface area contributed by atoms with Gasteiger partial charge < -0.3 is 14.0 Å². The average molecular weight is 333 g/mol. The van der Waals surface area contributed by atoms with E-state index in [4.69, 9.17) is 9.47 Å². The van der Waals surface area contributed by atoms with Gasteiger partial charge in [-0.15, -0.1) is 0 Å². The third-order valence-electron chi connectivity index (χ3n) is 4.21. The molecule has 3 rings (SSSR count). The maximum Gasteiger partial charge on any atom is 0.329 e. The van der Waals surface area contributed by atoms with Gasteiger partial charge in [0.15, 0.2) is 0 Å². The van der Waals surface area contributed by atoms with Crippen LogP contribution in [0.1, 0.15) is 28.2 Å². The van der Waals surface area contributed by atoms with Crippen molar-refractivity contribution in [2.24, 2.45) is 0 Å². The van der Waals surface area contributed by atoms with E-state index in [-0.39, 0.29) is 12.2 Å². The number of thiophene rings is 1. The lowest BCUT2D eigenvalue weighted by atomic mass is 9.83. The Kier molecular flexibility index (Phi) is 3.81. The molecule has 0 atom stereocenters. The molecule has 0 aliphatic carbocycles. The van der Waals surface area contributed by atoms with E-state index >= 15 is 0 Å².